The zero-order chi connectivity index (χ0) is 16.2. The molecule has 0 bridgehead atoms. The maximum atomic E-state index is 11.7. The molecule has 0 aliphatic carbocycles. The molecule has 0 spiro atoms. The molecular formula is C15H23NO4S2. The molecule has 22 heavy (non-hydrogen) atoms. The van der Waals surface area contributed by atoms with Crippen molar-refractivity contribution in [3.05, 3.63) is 36.6 Å². The molecule has 0 amide bonds. The molecule has 0 saturated carbocycles. The molecule has 0 aromatic rings. The van der Waals surface area contributed by atoms with Crippen LogP contribution in [0.3, 0.4) is 0 Å². The van der Waals surface area contributed by atoms with E-state index >= 15 is 0 Å². The van der Waals surface area contributed by atoms with Crippen LogP contribution >= 0.6 is 21.6 Å². The van der Waals surface area contributed by atoms with E-state index in [2.05, 4.69) is 11.9 Å². The second-order valence-corrected chi connectivity index (χ2v) is 7.08. The van der Waals surface area contributed by atoms with Gasteiger partial charge in [-0.1, -0.05) is 33.7 Å². The molecular weight excluding hydrogens is 322 g/mol. The second kappa shape index (κ2) is 11.6. The zero-order valence-corrected chi connectivity index (χ0v) is 14.3. The molecule has 1 aliphatic heterocycles. The fourth-order valence-electron chi connectivity index (χ4n) is 1.71. The standard InChI is InChI=1S/C15H23NO4S2/c1-3-9-21-22-11-19-15(18)12(2)5-4-8-16-14-7-6-13(10-17)20-14/h3-5,8,13-14,16-17H,1,6-7,9-11H2,2H3/b8-4-,12-5+. The normalized spacial score (nSPS) is 22.0. The fraction of sp³-hybridized carbons (Fsp3) is 0.533. The minimum atomic E-state index is -0.325. The number of aliphatic hydroxyl groups excluding tert-OH is 1. The minimum absolute atomic E-state index is 0.0514. The van der Waals surface area contributed by atoms with Crippen molar-refractivity contribution >= 4 is 27.6 Å². The van der Waals surface area contributed by atoms with Gasteiger partial charge >= 0.3 is 5.97 Å². The van der Waals surface area contributed by atoms with Crippen molar-refractivity contribution < 1.29 is 19.4 Å². The SMILES string of the molecule is C=CCSSCOC(=O)/C(C)=C/C=C\NC1CCC(CO)O1. The van der Waals surface area contributed by atoms with Gasteiger partial charge in [0, 0.05) is 11.3 Å². The van der Waals surface area contributed by atoms with E-state index in [1.807, 2.05) is 0 Å². The smallest absolute Gasteiger partial charge is 0.334 e. The third-order valence-corrected chi connectivity index (χ3v) is 4.81. The molecule has 5 nitrogen and oxygen atoms in total. The van der Waals surface area contributed by atoms with Gasteiger partial charge in [0.05, 0.1) is 12.7 Å². The van der Waals surface area contributed by atoms with Gasteiger partial charge in [-0.15, -0.1) is 6.58 Å². The van der Waals surface area contributed by atoms with Crippen molar-refractivity contribution in [3.8, 4) is 0 Å². The predicted octanol–water partition coefficient (Wildman–Crippen LogP) is 2.60. The van der Waals surface area contributed by atoms with Crippen LogP contribution in [0.25, 0.3) is 0 Å². The number of hydrogen-bond donors (Lipinski definition) is 2. The second-order valence-electron chi connectivity index (χ2n) is 4.62. The maximum absolute atomic E-state index is 11.7. The van der Waals surface area contributed by atoms with Gasteiger partial charge in [-0.3, -0.25) is 0 Å². The lowest BCUT2D eigenvalue weighted by Gasteiger charge is -2.11. The van der Waals surface area contributed by atoms with Crippen molar-refractivity contribution in [2.24, 2.45) is 0 Å². The summed E-state index contributed by atoms with van der Waals surface area (Å²) in [6.45, 7) is 5.38. The van der Waals surface area contributed by atoms with E-state index in [1.165, 1.54) is 10.8 Å². The van der Waals surface area contributed by atoms with Gasteiger partial charge in [-0.05, 0) is 32.0 Å². The molecule has 124 valence electrons. The Bertz CT molecular complexity index is 412. The highest BCUT2D eigenvalue weighted by Crippen LogP contribution is 2.21. The molecule has 2 unspecified atom stereocenters. The lowest BCUT2D eigenvalue weighted by molar-refractivity contribution is -0.136. The summed E-state index contributed by atoms with van der Waals surface area (Å²) in [5.74, 6) is 0.822. The third-order valence-electron chi connectivity index (χ3n) is 2.87. The highest BCUT2D eigenvalue weighted by molar-refractivity contribution is 8.76. The maximum Gasteiger partial charge on any atom is 0.334 e. The van der Waals surface area contributed by atoms with Crippen LogP contribution < -0.4 is 5.32 Å². The van der Waals surface area contributed by atoms with Crippen LogP contribution in [-0.4, -0.2) is 41.7 Å². The van der Waals surface area contributed by atoms with Gasteiger partial charge in [0.25, 0.3) is 0 Å². The summed E-state index contributed by atoms with van der Waals surface area (Å²) in [5.41, 5.74) is 0.535. The summed E-state index contributed by atoms with van der Waals surface area (Å²) >= 11 is 0. The van der Waals surface area contributed by atoms with Crippen LogP contribution in [0.5, 0.6) is 0 Å². The lowest BCUT2D eigenvalue weighted by atomic mass is 10.2. The van der Waals surface area contributed by atoms with E-state index in [-0.39, 0.29) is 24.9 Å². The summed E-state index contributed by atoms with van der Waals surface area (Å²) in [4.78, 5) is 11.7. The van der Waals surface area contributed by atoms with Crippen molar-refractivity contribution in [2.75, 3.05) is 18.3 Å². The third kappa shape index (κ3) is 7.93. The fourth-order valence-corrected chi connectivity index (χ4v) is 3.05. The molecule has 1 heterocycles. The van der Waals surface area contributed by atoms with Crippen LogP contribution in [0.2, 0.25) is 0 Å². The topological polar surface area (TPSA) is 67.8 Å². The van der Waals surface area contributed by atoms with Crippen LogP contribution in [0, 0.1) is 0 Å². The molecule has 1 fully saturated rings. The van der Waals surface area contributed by atoms with Gasteiger partial charge in [0.15, 0.2) is 0 Å². The Hall–Kier alpha value is -0.890. The van der Waals surface area contributed by atoms with Crippen LogP contribution in [-0.2, 0) is 14.3 Å². The van der Waals surface area contributed by atoms with E-state index < -0.39 is 0 Å². The molecule has 0 aromatic heterocycles. The summed E-state index contributed by atoms with van der Waals surface area (Å²) < 4.78 is 10.6. The Labute approximate surface area is 139 Å². The van der Waals surface area contributed by atoms with E-state index in [0.29, 0.717) is 11.5 Å². The molecule has 0 radical (unpaired) electrons. The summed E-state index contributed by atoms with van der Waals surface area (Å²) in [6, 6.07) is 0. The molecule has 1 rings (SSSR count). The largest absolute Gasteiger partial charge is 0.450 e. The van der Waals surface area contributed by atoms with Crippen molar-refractivity contribution in [1.82, 2.24) is 5.32 Å². The van der Waals surface area contributed by atoms with E-state index in [4.69, 9.17) is 14.6 Å². The first-order valence-electron chi connectivity index (χ1n) is 7.05. The molecule has 7 heteroatoms. The van der Waals surface area contributed by atoms with Gasteiger partial charge < -0.3 is 19.9 Å². The Kier molecular flexibility index (Phi) is 10.1. The Morgan fingerprint density at radius 2 is 2.32 bits per heavy atom. The highest BCUT2D eigenvalue weighted by atomic mass is 33.1. The quantitative estimate of drug-likeness (QED) is 0.120. The van der Waals surface area contributed by atoms with Gasteiger partial charge in [-0.25, -0.2) is 4.79 Å². The number of aliphatic hydroxyl groups is 1. The molecule has 1 saturated heterocycles. The number of esters is 1. The predicted molar refractivity (Wildman–Crippen MR) is 92.2 cm³/mol. The number of allylic oxidation sites excluding steroid dienone is 2. The van der Waals surface area contributed by atoms with Gasteiger partial charge in [0.2, 0.25) is 0 Å². The van der Waals surface area contributed by atoms with Gasteiger partial charge in [-0.2, -0.15) is 0 Å². The number of nitrogens with one attached hydrogen (secondary N) is 1. The van der Waals surface area contributed by atoms with Crippen LogP contribution in [0.15, 0.2) is 36.6 Å². The minimum Gasteiger partial charge on any atom is -0.450 e. The Morgan fingerprint density at radius 1 is 1.50 bits per heavy atom. The first kappa shape index (κ1) is 19.2. The highest BCUT2D eigenvalue weighted by Gasteiger charge is 2.23. The summed E-state index contributed by atoms with van der Waals surface area (Å²) in [7, 11) is 3.07. The Balaban J connectivity index is 2.19. The zero-order valence-electron chi connectivity index (χ0n) is 12.7. The average molecular weight is 345 g/mol. The van der Waals surface area contributed by atoms with E-state index in [9.17, 15) is 4.79 Å². The Morgan fingerprint density at radius 3 is 3.00 bits per heavy atom. The van der Waals surface area contributed by atoms with Crippen LogP contribution in [0.1, 0.15) is 19.8 Å². The number of carbonyl (C=O) groups excluding carboxylic acids is 1. The summed E-state index contributed by atoms with van der Waals surface area (Å²) in [6.07, 6.45) is 8.53. The first-order valence-corrected chi connectivity index (χ1v) is 9.54. The average Bonchev–Trinajstić information content (AvgIpc) is 2.99. The molecule has 0 aromatic carbocycles. The van der Waals surface area contributed by atoms with E-state index in [1.54, 1.807) is 42.1 Å². The van der Waals surface area contributed by atoms with Crippen molar-refractivity contribution in [1.29, 1.82) is 0 Å². The van der Waals surface area contributed by atoms with Gasteiger partial charge in [0.1, 0.15) is 12.2 Å². The lowest BCUT2D eigenvalue weighted by Crippen LogP contribution is -2.25. The van der Waals surface area contributed by atoms with Crippen molar-refractivity contribution in [3.63, 3.8) is 0 Å². The first-order chi connectivity index (χ1) is 10.7. The number of ether oxygens (including phenoxy) is 2. The number of rotatable bonds is 10. The molecule has 1 aliphatic rings. The monoisotopic (exact) mass is 345 g/mol. The summed E-state index contributed by atoms with van der Waals surface area (Å²) in [5, 5.41) is 12.0. The van der Waals surface area contributed by atoms with Crippen LogP contribution in [0.4, 0.5) is 0 Å². The molecule has 2 N–H and O–H groups in total. The number of hydrogen-bond acceptors (Lipinski definition) is 7. The van der Waals surface area contributed by atoms with Crippen molar-refractivity contribution in [2.45, 2.75) is 32.1 Å². The number of carbonyl (C=O) groups is 1. The van der Waals surface area contributed by atoms with E-state index in [0.717, 1.165) is 18.6 Å². The molecule has 2 atom stereocenters.